The van der Waals surface area contributed by atoms with Crippen molar-refractivity contribution in [2.45, 2.75) is 19.4 Å². The second kappa shape index (κ2) is 7.98. The van der Waals surface area contributed by atoms with Crippen LogP contribution in [0.1, 0.15) is 28.5 Å². The first kappa shape index (κ1) is 19.5. The average molecular weight is 444 g/mol. The van der Waals surface area contributed by atoms with Crippen LogP contribution < -0.4 is 4.90 Å². The van der Waals surface area contributed by atoms with Crippen LogP contribution in [0, 0.1) is 5.82 Å². The first-order valence-electron chi connectivity index (χ1n) is 9.99. The summed E-state index contributed by atoms with van der Waals surface area (Å²) >= 11 is 3.20. The first-order chi connectivity index (χ1) is 14.6. The second-order valence-electron chi connectivity index (χ2n) is 7.28. The van der Waals surface area contributed by atoms with Gasteiger partial charge in [-0.3, -0.25) is 4.90 Å². The number of hydrogen-bond donors (Lipinski definition) is 1. The highest BCUT2D eigenvalue weighted by atomic mass is 32.1. The topological polar surface area (TPSA) is 56.9 Å². The molecule has 0 amide bonds. The highest BCUT2D eigenvalue weighted by molar-refractivity contribution is 7.17. The molecule has 1 aliphatic heterocycles. The third-order valence-electron chi connectivity index (χ3n) is 5.49. The van der Waals surface area contributed by atoms with E-state index in [2.05, 4.69) is 31.3 Å². The van der Waals surface area contributed by atoms with Gasteiger partial charge in [0.2, 0.25) is 10.8 Å². The number of aromatic nitrogens is 3. The molecule has 9 heteroatoms. The van der Waals surface area contributed by atoms with Crippen molar-refractivity contribution in [3.05, 3.63) is 63.2 Å². The minimum absolute atomic E-state index is 0.0288. The Morgan fingerprint density at radius 2 is 1.90 bits per heavy atom. The SMILES string of the molecule is CCc1nc2sc([C@@H](c3cccs3)N3CCN(c4ccc(F)cc4)CC3)c(O)n2n1. The third-order valence-corrected chi connectivity index (χ3v) is 7.49. The van der Waals surface area contributed by atoms with Crippen molar-refractivity contribution in [1.29, 1.82) is 0 Å². The predicted octanol–water partition coefficient (Wildman–Crippen LogP) is 4.17. The summed E-state index contributed by atoms with van der Waals surface area (Å²) in [4.78, 5) is 12.0. The van der Waals surface area contributed by atoms with Gasteiger partial charge in [-0.1, -0.05) is 24.3 Å². The zero-order valence-corrected chi connectivity index (χ0v) is 18.2. The summed E-state index contributed by atoms with van der Waals surface area (Å²) in [5.74, 6) is 0.707. The molecule has 0 aliphatic carbocycles. The van der Waals surface area contributed by atoms with Crippen LogP contribution in [0.5, 0.6) is 5.88 Å². The van der Waals surface area contributed by atoms with E-state index in [1.54, 1.807) is 15.9 Å². The van der Waals surface area contributed by atoms with Crippen LogP contribution in [-0.4, -0.2) is 50.8 Å². The van der Waals surface area contributed by atoms with E-state index in [4.69, 9.17) is 0 Å². The highest BCUT2D eigenvalue weighted by Crippen LogP contribution is 2.41. The molecule has 156 valence electrons. The van der Waals surface area contributed by atoms with Gasteiger partial charge in [0, 0.05) is 43.2 Å². The van der Waals surface area contributed by atoms with E-state index in [1.165, 1.54) is 28.3 Å². The Bertz CT molecular complexity index is 1130. The average Bonchev–Trinajstić information content (AvgIpc) is 3.49. The summed E-state index contributed by atoms with van der Waals surface area (Å²) in [6.45, 7) is 5.37. The van der Waals surface area contributed by atoms with E-state index < -0.39 is 0 Å². The van der Waals surface area contributed by atoms with Crippen molar-refractivity contribution >= 4 is 33.3 Å². The zero-order chi connectivity index (χ0) is 20.7. The first-order valence-corrected chi connectivity index (χ1v) is 11.7. The Labute approximate surface area is 181 Å². The number of thiophene rings is 1. The number of aryl methyl sites for hydroxylation is 1. The molecule has 0 spiro atoms. The summed E-state index contributed by atoms with van der Waals surface area (Å²) in [5, 5.41) is 17.5. The smallest absolute Gasteiger partial charge is 0.230 e. The molecule has 1 saturated heterocycles. The predicted molar refractivity (Wildman–Crippen MR) is 118 cm³/mol. The number of rotatable bonds is 5. The number of anilines is 1. The molecular formula is C21H22FN5OS2. The number of piperazine rings is 1. The van der Waals surface area contributed by atoms with Crippen molar-refractivity contribution in [3.8, 4) is 5.88 Å². The molecule has 1 aromatic carbocycles. The fourth-order valence-corrected chi connectivity index (χ4v) is 6.00. The van der Waals surface area contributed by atoms with E-state index in [9.17, 15) is 9.50 Å². The van der Waals surface area contributed by atoms with E-state index in [-0.39, 0.29) is 17.7 Å². The van der Waals surface area contributed by atoms with Gasteiger partial charge in [0.25, 0.3) is 0 Å². The summed E-state index contributed by atoms with van der Waals surface area (Å²) in [7, 11) is 0. The summed E-state index contributed by atoms with van der Waals surface area (Å²) < 4.78 is 14.8. The van der Waals surface area contributed by atoms with Crippen LogP contribution >= 0.6 is 22.7 Å². The molecule has 0 radical (unpaired) electrons. The number of aromatic hydroxyl groups is 1. The largest absolute Gasteiger partial charge is 0.492 e. The molecule has 0 unspecified atom stereocenters. The quantitative estimate of drug-likeness (QED) is 0.502. The van der Waals surface area contributed by atoms with Crippen LogP contribution in [0.25, 0.3) is 4.96 Å². The van der Waals surface area contributed by atoms with Gasteiger partial charge in [0.1, 0.15) is 5.82 Å². The van der Waals surface area contributed by atoms with E-state index >= 15 is 0 Å². The van der Waals surface area contributed by atoms with E-state index in [0.29, 0.717) is 0 Å². The van der Waals surface area contributed by atoms with Gasteiger partial charge < -0.3 is 10.0 Å². The third kappa shape index (κ3) is 3.46. The Morgan fingerprint density at radius 3 is 2.53 bits per heavy atom. The number of thiazole rings is 1. The number of hydrogen-bond acceptors (Lipinski definition) is 7. The molecule has 0 bridgehead atoms. The lowest BCUT2D eigenvalue weighted by Crippen LogP contribution is -2.47. The van der Waals surface area contributed by atoms with E-state index in [0.717, 1.165) is 53.9 Å². The molecular weight excluding hydrogens is 421 g/mol. The maximum absolute atomic E-state index is 13.3. The summed E-state index contributed by atoms with van der Waals surface area (Å²) in [5.41, 5.74) is 1.04. The number of nitrogens with zero attached hydrogens (tertiary/aromatic N) is 5. The van der Waals surface area contributed by atoms with Crippen molar-refractivity contribution in [3.63, 3.8) is 0 Å². The van der Waals surface area contributed by atoms with Gasteiger partial charge in [-0.25, -0.2) is 9.37 Å². The minimum Gasteiger partial charge on any atom is -0.492 e. The molecule has 1 aliphatic rings. The van der Waals surface area contributed by atoms with Gasteiger partial charge in [0.05, 0.1) is 10.9 Å². The van der Waals surface area contributed by atoms with Crippen molar-refractivity contribution in [2.75, 3.05) is 31.1 Å². The van der Waals surface area contributed by atoms with Gasteiger partial charge >= 0.3 is 0 Å². The number of benzene rings is 1. The van der Waals surface area contributed by atoms with Gasteiger partial charge in [-0.05, 0) is 35.7 Å². The van der Waals surface area contributed by atoms with Crippen LogP contribution in [0.4, 0.5) is 10.1 Å². The van der Waals surface area contributed by atoms with Crippen molar-refractivity contribution < 1.29 is 9.50 Å². The minimum atomic E-state index is -0.215. The molecule has 1 N–H and O–H groups in total. The monoisotopic (exact) mass is 443 g/mol. The van der Waals surface area contributed by atoms with Crippen molar-refractivity contribution in [1.82, 2.24) is 19.5 Å². The van der Waals surface area contributed by atoms with Crippen LogP contribution in [0.3, 0.4) is 0 Å². The molecule has 6 nitrogen and oxygen atoms in total. The molecule has 1 fully saturated rings. The Balaban J connectivity index is 1.43. The van der Waals surface area contributed by atoms with Gasteiger partial charge in [-0.15, -0.1) is 16.4 Å². The fourth-order valence-electron chi connectivity index (χ4n) is 3.93. The number of halogens is 1. The molecule has 4 aromatic rings. The van der Waals surface area contributed by atoms with Crippen LogP contribution in [0.2, 0.25) is 0 Å². The van der Waals surface area contributed by atoms with Crippen LogP contribution in [0.15, 0.2) is 41.8 Å². The Morgan fingerprint density at radius 1 is 1.13 bits per heavy atom. The summed E-state index contributed by atoms with van der Waals surface area (Å²) in [6.07, 6.45) is 0.739. The summed E-state index contributed by atoms with van der Waals surface area (Å²) in [6, 6.07) is 10.8. The molecule has 30 heavy (non-hydrogen) atoms. The normalized spacial score (nSPS) is 16.4. The Kier molecular flexibility index (Phi) is 5.18. The van der Waals surface area contributed by atoms with Gasteiger partial charge in [-0.2, -0.15) is 4.52 Å². The maximum Gasteiger partial charge on any atom is 0.230 e. The van der Waals surface area contributed by atoms with Crippen LogP contribution in [-0.2, 0) is 6.42 Å². The standard InChI is InChI=1S/C21H22FN5OS2/c1-2-17-23-21-27(24-17)20(28)19(30-21)18(16-4-3-13-29-16)26-11-9-25(10-12-26)15-7-5-14(22)6-8-15/h3-8,13,18,28H,2,9-12H2,1H3/t18-/m1/s1. The fraction of sp³-hybridized carbons (Fsp3) is 0.333. The lowest BCUT2D eigenvalue weighted by molar-refractivity contribution is 0.213. The Hall–Kier alpha value is -2.49. The molecule has 0 saturated carbocycles. The van der Waals surface area contributed by atoms with Gasteiger partial charge in [0.15, 0.2) is 5.82 Å². The highest BCUT2D eigenvalue weighted by Gasteiger charge is 2.32. The number of fused-ring (bicyclic) bond motifs is 1. The second-order valence-corrected chi connectivity index (χ2v) is 9.27. The maximum atomic E-state index is 13.3. The molecule has 4 heterocycles. The molecule has 3 aromatic heterocycles. The van der Waals surface area contributed by atoms with E-state index in [1.807, 2.05) is 25.1 Å². The molecule has 1 atom stereocenters. The molecule has 5 rings (SSSR count). The lowest BCUT2D eigenvalue weighted by atomic mass is 10.1. The zero-order valence-electron chi connectivity index (χ0n) is 16.5. The lowest BCUT2D eigenvalue weighted by Gasteiger charge is -2.39. The van der Waals surface area contributed by atoms with Crippen molar-refractivity contribution in [2.24, 2.45) is 0 Å².